The second kappa shape index (κ2) is 8.17. The molecule has 132 valence electrons. The third-order valence-corrected chi connectivity index (χ3v) is 5.67. The Bertz CT molecular complexity index is 942. The van der Waals surface area contributed by atoms with Crippen molar-refractivity contribution in [1.82, 2.24) is 14.8 Å². The zero-order chi connectivity index (χ0) is 18.5. The molecule has 1 N–H and O–H groups in total. The van der Waals surface area contributed by atoms with Gasteiger partial charge in [-0.1, -0.05) is 42.1 Å². The molecule has 2 aromatic heterocycles. The van der Waals surface area contributed by atoms with E-state index in [1.54, 1.807) is 11.4 Å². The van der Waals surface area contributed by atoms with E-state index in [-0.39, 0.29) is 11.2 Å². The molecule has 0 spiro atoms. The Labute approximate surface area is 159 Å². The summed E-state index contributed by atoms with van der Waals surface area (Å²) < 4.78 is 2.00. The molecular formula is C18H17N5OS2. The largest absolute Gasteiger partial charge is 0.316 e. The van der Waals surface area contributed by atoms with E-state index < -0.39 is 0 Å². The van der Waals surface area contributed by atoms with E-state index in [2.05, 4.69) is 21.6 Å². The minimum Gasteiger partial charge on any atom is -0.316 e. The van der Waals surface area contributed by atoms with Crippen molar-refractivity contribution in [3.63, 3.8) is 0 Å². The number of thiophene rings is 1. The number of nitrogens with zero attached hydrogens (tertiary/aromatic N) is 4. The predicted molar refractivity (Wildman–Crippen MR) is 103 cm³/mol. The Morgan fingerprint density at radius 3 is 2.85 bits per heavy atom. The first-order valence-corrected chi connectivity index (χ1v) is 9.73. The van der Waals surface area contributed by atoms with Gasteiger partial charge < -0.3 is 9.88 Å². The smallest absolute Gasteiger partial charge is 0.238 e. The number of aryl methyl sites for hydroxylation is 1. The Morgan fingerprint density at radius 2 is 2.12 bits per heavy atom. The standard InChI is InChI=1S/C18H17N5OS2/c1-12(16(24)20-17-15(10-19)8-9-25-17)26-18-22-21-13(2)23(18)11-14-6-4-3-5-7-14/h3-9,12H,11H2,1-2H3,(H,20,24)/t12-/m0/s1. The van der Waals surface area contributed by atoms with Gasteiger partial charge in [0.1, 0.15) is 16.9 Å². The fourth-order valence-corrected chi connectivity index (χ4v) is 3.95. The van der Waals surface area contributed by atoms with E-state index in [9.17, 15) is 4.79 Å². The summed E-state index contributed by atoms with van der Waals surface area (Å²) >= 11 is 2.69. The lowest BCUT2D eigenvalue weighted by atomic mass is 10.2. The van der Waals surface area contributed by atoms with Crippen LogP contribution in [0.15, 0.2) is 46.9 Å². The number of carbonyl (C=O) groups excluding carboxylic acids is 1. The van der Waals surface area contributed by atoms with Gasteiger partial charge in [0.05, 0.1) is 17.4 Å². The predicted octanol–water partition coefficient (Wildman–Crippen LogP) is 3.69. The lowest BCUT2D eigenvalue weighted by Gasteiger charge is -2.13. The number of anilines is 1. The molecule has 26 heavy (non-hydrogen) atoms. The van der Waals surface area contributed by atoms with Crippen LogP contribution in [0.2, 0.25) is 0 Å². The van der Waals surface area contributed by atoms with Crippen LogP contribution in [0.3, 0.4) is 0 Å². The molecule has 0 saturated carbocycles. The van der Waals surface area contributed by atoms with Crippen LogP contribution in [0.5, 0.6) is 0 Å². The lowest BCUT2D eigenvalue weighted by molar-refractivity contribution is -0.115. The molecule has 0 saturated heterocycles. The average Bonchev–Trinajstić information content (AvgIpc) is 3.23. The summed E-state index contributed by atoms with van der Waals surface area (Å²) in [6.07, 6.45) is 0. The first-order chi connectivity index (χ1) is 12.6. The van der Waals surface area contributed by atoms with Crippen molar-refractivity contribution in [1.29, 1.82) is 5.26 Å². The van der Waals surface area contributed by atoms with E-state index in [1.807, 2.05) is 48.7 Å². The topological polar surface area (TPSA) is 83.6 Å². The van der Waals surface area contributed by atoms with Crippen LogP contribution in [0.25, 0.3) is 0 Å². The summed E-state index contributed by atoms with van der Waals surface area (Å²) in [7, 11) is 0. The first-order valence-electron chi connectivity index (χ1n) is 7.97. The van der Waals surface area contributed by atoms with E-state index in [4.69, 9.17) is 5.26 Å². The second-order valence-corrected chi connectivity index (χ2v) is 7.85. The number of nitrogens with one attached hydrogen (secondary N) is 1. The van der Waals surface area contributed by atoms with Crippen LogP contribution in [0.4, 0.5) is 5.00 Å². The second-order valence-electron chi connectivity index (χ2n) is 5.63. The number of carbonyl (C=O) groups is 1. The molecule has 0 unspecified atom stereocenters. The number of amides is 1. The first kappa shape index (κ1) is 18.2. The van der Waals surface area contributed by atoms with Gasteiger partial charge >= 0.3 is 0 Å². The molecule has 1 amide bonds. The van der Waals surface area contributed by atoms with Gasteiger partial charge in [-0.15, -0.1) is 21.5 Å². The quantitative estimate of drug-likeness (QED) is 0.656. The summed E-state index contributed by atoms with van der Waals surface area (Å²) in [6.45, 7) is 4.37. The minimum absolute atomic E-state index is 0.166. The van der Waals surface area contributed by atoms with Crippen molar-refractivity contribution in [3.8, 4) is 6.07 Å². The van der Waals surface area contributed by atoms with Crippen molar-refractivity contribution in [2.24, 2.45) is 0 Å². The summed E-state index contributed by atoms with van der Waals surface area (Å²) in [6, 6.07) is 13.8. The van der Waals surface area contributed by atoms with E-state index in [0.29, 0.717) is 22.3 Å². The Kier molecular flexibility index (Phi) is 5.71. The zero-order valence-corrected chi connectivity index (χ0v) is 16.0. The zero-order valence-electron chi connectivity index (χ0n) is 14.3. The molecule has 0 aliphatic heterocycles. The fraction of sp³-hybridized carbons (Fsp3) is 0.222. The van der Waals surface area contributed by atoms with Gasteiger partial charge in [-0.05, 0) is 30.9 Å². The molecule has 6 nitrogen and oxygen atoms in total. The third kappa shape index (κ3) is 4.12. The Balaban J connectivity index is 1.70. The van der Waals surface area contributed by atoms with Gasteiger partial charge in [-0.3, -0.25) is 4.79 Å². The van der Waals surface area contributed by atoms with Gasteiger partial charge in [0.2, 0.25) is 5.91 Å². The summed E-state index contributed by atoms with van der Waals surface area (Å²) in [5.74, 6) is 0.634. The summed E-state index contributed by atoms with van der Waals surface area (Å²) in [5, 5.41) is 22.9. The summed E-state index contributed by atoms with van der Waals surface area (Å²) in [4.78, 5) is 12.5. The number of aromatic nitrogens is 3. The van der Waals surface area contributed by atoms with Gasteiger partial charge in [-0.25, -0.2) is 0 Å². The molecule has 1 aromatic carbocycles. The maximum absolute atomic E-state index is 12.5. The van der Waals surface area contributed by atoms with Crippen molar-refractivity contribution in [3.05, 3.63) is 58.7 Å². The number of benzene rings is 1. The maximum Gasteiger partial charge on any atom is 0.238 e. The molecule has 0 aliphatic carbocycles. The van der Waals surface area contributed by atoms with Crippen molar-refractivity contribution in [2.75, 3.05) is 5.32 Å². The van der Waals surface area contributed by atoms with Crippen molar-refractivity contribution < 1.29 is 4.79 Å². The summed E-state index contributed by atoms with van der Waals surface area (Å²) in [5.41, 5.74) is 1.62. The molecule has 0 aliphatic rings. The third-order valence-electron chi connectivity index (χ3n) is 3.76. The van der Waals surface area contributed by atoms with Gasteiger partial charge in [-0.2, -0.15) is 5.26 Å². The number of rotatable bonds is 6. The van der Waals surface area contributed by atoms with E-state index in [1.165, 1.54) is 23.1 Å². The molecule has 8 heteroatoms. The fourth-order valence-electron chi connectivity index (χ4n) is 2.32. The van der Waals surface area contributed by atoms with Crippen LogP contribution >= 0.6 is 23.1 Å². The van der Waals surface area contributed by atoms with E-state index in [0.717, 1.165) is 11.4 Å². The van der Waals surface area contributed by atoms with Crippen molar-refractivity contribution in [2.45, 2.75) is 30.8 Å². The molecule has 0 radical (unpaired) electrons. The van der Waals surface area contributed by atoms with Crippen LogP contribution < -0.4 is 5.32 Å². The van der Waals surface area contributed by atoms with E-state index >= 15 is 0 Å². The molecular weight excluding hydrogens is 366 g/mol. The van der Waals surface area contributed by atoms with Gasteiger partial charge in [0.15, 0.2) is 5.16 Å². The lowest BCUT2D eigenvalue weighted by Crippen LogP contribution is -2.23. The maximum atomic E-state index is 12.5. The number of hydrogen-bond acceptors (Lipinski definition) is 6. The number of thioether (sulfide) groups is 1. The highest BCUT2D eigenvalue weighted by Crippen LogP contribution is 2.27. The Morgan fingerprint density at radius 1 is 1.35 bits per heavy atom. The molecule has 3 aromatic rings. The van der Waals surface area contributed by atoms with Crippen LogP contribution in [0, 0.1) is 18.3 Å². The molecule has 2 heterocycles. The minimum atomic E-state index is -0.373. The highest BCUT2D eigenvalue weighted by molar-refractivity contribution is 8.00. The SMILES string of the molecule is Cc1nnc(S[C@@H](C)C(=O)Nc2sccc2C#N)n1Cc1ccccc1. The average molecular weight is 384 g/mol. The Hall–Kier alpha value is -2.63. The van der Waals surface area contributed by atoms with Crippen LogP contribution in [0.1, 0.15) is 23.9 Å². The monoisotopic (exact) mass is 383 g/mol. The molecule has 0 fully saturated rings. The van der Waals surface area contributed by atoms with Crippen LogP contribution in [-0.4, -0.2) is 25.9 Å². The highest BCUT2D eigenvalue weighted by Gasteiger charge is 2.20. The van der Waals surface area contributed by atoms with Gasteiger partial charge in [0.25, 0.3) is 0 Å². The van der Waals surface area contributed by atoms with Gasteiger partial charge in [0, 0.05) is 0 Å². The van der Waals surface area contributed by atoms with Crippen LogP contribution in [-0.2, 0) is 11.3 Å². The molecule has 1 atom stereocenters. The number of hydrogen-bond donors (Lipinski definition) is 1. The normalized spacial score (nSPS) is 11.7. The highest BCUT2D eigenvalue weighted by atomic mass is 32.2. The molecule has 3 rings (SSSR count). The van der Waals surface area contributed by atoms with Crippen molar-refractivity contribution >= 4 is 34.0 Å². The molecule has 0 bridgehead atoms. The number of nitriles is 1.